The zero-order valence-electron chi connectivity index (χ0n) is 11.3. The smallest absolute Gasteiger partial charge is 0.0701 e. The molecule has 2 rings (SSSR count). The second kappa shape index (κ2) is 7.13. The first kappa shape index (κ1) is 14.6. The lowest BCUT2D eigenvalue weighted by atomic mass is 9.87. The first-order chi connectivity index (χ1) is 8.78. The average molecular weight is 273 g/mol. The van der Waals surface area contributed by atoms with E-state index < -0.39 is 0 Å². The lowest BCUT2D eigenvalue weighted by Gasteiger charge is -2.38. The third-order valence-electron chi connectivity index (χ3n) is 4.54. The summed E-state index contributed by atoms with van der Waals surface area (Å²) in [6.07, 6.45) is 8.08. The number of likely N-dealkylation sites (tertiary alicyclic amines) is 1. The van der Waals surface area contributed by atoms with Crippen molar-refractivity contribution in [3.05, 3.63) is 0 Å². The van der Waals surface area contributed by atoms with Crippen molar-refractivity contribution in [3.63, 3.8) is 0 Å². The lowest BCUT2D eigenvalue weighted by molar-refractivity contribution is -0.0133. The van der Waals surface area contributed by atoms with Crippen LogP contribution in [-0.2, 0) is 4.74 Å². The number of hydrogen-bond donors (Lipinski definition) is 2. The van der Waals surface area contributed by atoms with Crippen LogP contribution in [0, 0.1) is 5.41 Å². The van der Waals surface area contributed by atoms with E-state index in [0.717, 1.165) is 31.7 Å². The minimum absolute atomic E-state index is 0.142. The average Bonchev–Trinajstić information content (AvgIpc) is 2.87. The molecule has 4 heteroatoms. The van der Waals surface area contributed by atoms with Gasteiger partial charge in [-0.05, 0) is 36.9 Å². The molecule has 1 saturated heterocycles. The third-order valence-corrected chi connectivity index (χ3v) is 5.21. The molecule has 0 atom stereocenters. The number of aliphatic hydroxyl groups is 1. The normalized spacial score (nSPS) is 25.7. The van der Waals surface area contributed by atoms with Gasteiger partial charge in [0, 0.05) is 19.6 Å². The van der Waals surface area contributed by atoms with Crippen molar-refractivity contribution >= 4 is 12.6 Å². The minimum Gasteiger partial charge on any atom is -0.394 e. The summed E-state index contributed by atoms with van der Waals surface area (Å²) in [6.45, 7) is 4.15. The van der Waals surface area contributed by atoms with Gasteiger partial charge in [0.2, 0.25) is 0 Å². The number of piperidine rings is 1. The third kappa shape index (κ3) is 3.86. The highest BCUT2D eigenvalue weighted by Crippen LogP contribution is 2.40. The number of ether oxygens (including phenoxy) is 1. The van der Waals surface area contributed by atoms with Gasteiger partial charge in [-0.15, -0.1) is 0 Å². The number of hydrogen-bond acceptors (Lipinski definition) is 4. The maximum Gasteiger partial charge on any atom is 0.0701 e. The predicted molar refractivity (Wildman–Crippen MR) is 77.3 cm³/mol. The van der Waals surface area contributed by atoms with Crippen molar-refractivity contribution in [1.82, 2.24) is 4.90 Å². The van der Waals surface area contributed by atoms with Gasteiger partial charge in [0.15, 0.2) is 0 Å². The van der Waals surface area contributed by atoms with Gasteiger partial charge in [-0.3, -0.25) is 0 Å². The highest BCUT2D eigenvalue weighted by atomic mass is 32.1. The SMILES string of the molecule is OCCOC1CCN(CC2(CS)CCCC2)CC1. The van der Waals surface area contributed by atoms with Crippen LogP contribution in [0.1, 0.15) is 38.5 Å². The molecule has 2 aliphatic rings. The minimum atomic E-state index is 0.142. The largest absolute Gasteiger partial charge is 0.394 e. The summed E-state index contributed by atoms with van der Waals surface area (Å²) in [6, 6.07) is 0. The van der Waals surface area contributed by atoms with E-state index in [9.17, 15) is 0 Å². The highest BCUT2D eigenvalue weighted by Gasteiger charge is 2.35. The van der Waals surface area contributed by atoms with Crippen LogP contribution < -0.4 is 0 Å². The van der Waals surface area contributed by atoms with Crippen molar-refractivity contribution in [3.8, 4) is 0 Å². The Morgan fingerprint density at radius 3 is 2.44 bits per heavy atom. The van der Waals surface area contributed by atoms with Crippen LogP contribution in [0.5, 0.6) is 0 Å². The van der Waals surface area contributed by atoms with Crippen molar-refractivity contribution in [2.24, 2.45) is 5.41 Å². The van der Waals surface area contributed by atoms with E-state index in [2.05, 4.69) is 17.5 Å². The monoisotopic (exact) mass is 273 g/mol. The summed E-state index contributed by atoms with van der Waals surface area (Å²) in [5, 5.41) is 8.76. The maximum absolute atomic E-state index is 8.76. The first-order valence-corrected chi connectivity index (χ1v) is 7.97. The van der Waals surface area contributed by atoms with Gasteiger partial charge in [-0.25, -0.2) is 0 Å². The second-order valence-corrected chi connectivity index (χ2v) is 6.25. The van der Waals surface area contributed by atoms with Crippen LogP contribution in [0.3, 0.4) is 0 Å². The molecule has 0 radical (unpaired) electrons. The number of aliphatic hydroxyl groups excluding tert-OH is 1. The van der Waals surface area contributed by atoms with E-state index in [0.29, 0.717) is 18.1 Å². The Bertz CT molecular complexity index is 236. The van der Waals surface area contributed by atoms with Crippen LogP contribution in [0.2, 0.25) is 0 Å². The Balaban J connectivity index is 1.72. The molecule has 0 amide bonds. The second-order valence-electron chi connectivity index (χ2n) is 5.94. The summed E-state index contributed by atoms with van der Waals surface area (Å²) in [7, 11) is 0. The van der Waals surface area contributed by atoms with E-state index in [1.807, 2.05) is 0 Å². The summed E-state index contributed by atoms with van der Waals surface area (Å²) in [4.78, 5) is 2.60. The lowest BCUT2D eigenvalue weighted by Crippen LogP contribution is -2.43. The molecule has 0 aromatic carbocycles. The molecule has 18 heavy (non-hydrogen) atoms. The Morgan fingerprint density at radius 2 is 1.89 bits per heavy atom. The fourth-order valence-electron chi connectivity index (χ4n) is 3.42. The highest BCUT2D eigenvalue weighted by molar-refractivity contribution is 7.80. The van der Waals surface area contributed by atoms with Crippen LogP contribution in [0.15, 0.2) is 0 Å². The molecular weight excluding hydrogens is 246 g/mol. The fourth-order valence-corrected chi connectivity index (χ4v) is 3.84. The Hall–Kier alpha value is 0.230. The summed E-state index contributed by atoms with van der Waals surface area (Å²) in [5.41, 5.74) is 0.488. The predicted octanol–water partition coefficient (Wildman–Crippen LogP) is 1.95. The first-order valence-electron chi connectivity index (χ1n) is 7.34. The summed E-state index contributed by atoms with van der Waals surface area (Å²) >= 11 is 4.59. The van der Waals surface area contributed by atoms with E-state index in [1.54, 1.807) is 0 Å². The number of thiol groups is 1. The van der Waals surface area contributed by atoms with E-state index in [-0.39, 0.29) is 6.61 Å². The van der Waals surface area contributed by atoms with Crippen molar-refractivity contribution < 1.29 is 9.84 Å². The molecular formula is C14H27NO2S. The zero-order valence-corrected chi connectivity index (χ0v) is 12.2. The quantitative estimate of drug-likeness (QED) is 0.726. The summed E-state index contributed by atoms with van der Waals surface area (Å²) in [5.74, 6) is 1.04. The molecule has 1 heterocycles. The zero-order chi connectivity index (χ0) is 12.8. The van der Waals surface area contributed by atoms with Gasteiger partial charge in [-0.2, -0.15) is 12.6 Å². The molecule has 106 valence electrons. The Kier molecular flexibility index (Phi) is 5.80. The van der Waals surface area contributed by atoms with E-state index in [4.69, 9.17) is 9.84 Å². The van der Waals surface area contributed by atoms with Crippen molar-refractivity contribution in [2.45, 2.75) is 44.6 Å². The van der Waals surface area contributed by atoms with Crippen LogP contribution in [-0.4, -0.2) is 54.7 Å². The maximum atomic E-state index is 8.76. The molecule has 0 bridgehead atoms. The van der Waals surface area contributed by atoms with Gasteiger partial charge in [-0.1, -0.05) is 12.8 Å². The van der Waals surface area contributed by atoms with Gasteiger partial charge >= 0.3 is 0 Å². The molecule has 0 aromatic heterocycles. The molecule has 3 nitrogen and oxygen atoms in total. The van der Waals surface area contributed by atoms with Crippen LogP contribution in [0.4, 0.5) is 0 Å². The molecule has 0 aromatic rings. The standard InChI is InChI=1S/C14H27NO2S/c16-9-10-17-13-3-7-15(8-4-13)11-14(12-18)5-1-2-6-14/h13,16,18H,1-12H2. The molecule has 1 saturated carbocycles. The molecule has 1 N–H and O–H groups in total. The topological polar surface area (TPSA) is 32.7 Å². The molecule has 1 aliphatic heterocycles. The van der Waals surface area contributed by atoms with E-state index in [1.165, 1.54) is 32.2 Å². The Morgan fingerprint density at radius 1 is 1.22 bits per heavy atom. The molecule has 0 unspecified atom stereocenters. The number of rotatable bonds is 6. The van der Waals surface area contributed by atoms with E-state index >= 15 is 0 Å². The van der Waals surface area contributed by atoms with Crippen molar-refractivity contribution in [1.29, 1.82) is 0 Å². The molecule has 0 spiro atoms. The fraction of sp³-hybridized carbons (Fsp3) is 1.00. The summed E-state index contributed by atoms with van der Waals surface area (Å²) < 4.78 is 5.61. The van der Waals surface area contributed by atoms with Crippen LogP contribution >= 0.6 is 12.6 Å². The Labute approximate surface area is 116 Å². The van der Waals surface area contributed by atoms with Gasteiger partial charge in [0.25, 0.3) is 0 Å². The van der Waals surface area contributed by atoms with Gasteiger partial charge < -0.3 is 14.7 Å². The van der Waals surface area contributed by atoms with Gasteiger partial charge in [0.05, 0.1) is 19.3 Å². The molecule has 2 fully saturated rings. The number of nitrogens with zero attached hydrogens (tertiary/aromatic N) is 1. The molecule has 1 aliphatic carbocycles. The van der Waals surface area contributed by atoms with Gasteiger partial charge in [0.1, 0.15) is 0 Å². The van der Waals surface area contributed by atoms with Crippen molar-refractivity contribution in [2.75, 3.05) is 38.6 Å². The van der Waals surface area contributed by atoms with Crippen LogP contribution in [0.25, 0.3) is 0 Å².